The molecule has 0 aliphatic carbocycles. The SMILES string of the molecule is BCC(=O)c1ccc(Cc2c(C(=O)O)n(-c3ccccc3)c3nc(C)ccc3c2=O)cc1. The predicted octanol–water partition coefficient (Wildman–Crippen LogP) is 3.22. The lowest BCUT2D eigenvalue weighted by Crippen LogP contribution is -2.24. The van der Waals surface area contributed by atoms with Crippen LogP contribution in [0.1, 0.15) is 37.7 Å². The van der Waals surface area contributed by atoms with Gasteiger partial charge in [-0.25, -0.2) is 9.78 Å². The first-order valence-electron chi connectivity index (χ1n) is 10.4. The van der Waals surface area contributed by atoms with E-state index < -0.39 is 5.97 Å². The van der Waals surface area contributed by atoms with Crippen LogP contribution in [0.2, 0.25) is 6.32 Å². The smallest absolute Gasteiger partial charge is 0.353 e. The van der Waals surface area contributed by atoms with Gasteiger partial charge < -0.3 is 5.11 Å². The van der Waals surface area contributed by atoms with E-state index >= 15 is 0 Å². The van der Waals surface area contributed by atoms with Gasteiger partial charge in [-0.3, -0.25) is 14.2 Å². The fourth-order valence-electron chi connectivity index (χ4n) is 3.84. The summed E-state index contributed by atoms with van der Waals surface area (Å²) >= 11 is 0. The van der Waals surface area contributed by atoms with E-state index in [9.17, 15) is 19.5 Å². The van der Waals surface area contributed by atoms with E-state index in [2.05, 4.69) is 4.98 Å². The molecule has 2 heterocycles. The third-order valence-corrected chi connectivity index (χ3v) is 5.45. The van der Waals surface area contributed by atoms with E-state index in [-0.39, 0.29) is 28.9 Å². The Morgan fingerprint density at radius 3 is 2.31 bits per heavy atom. The summed E-state index contributed by atoms with van der Waals surface area (Å²) in [4.78, 5) is 42.3. The number of Topliss-reactive ketones (excluding diaryl/α,β-unsaturated/α-hetero) is 1. The van der Waals surface area contributed by atoms with E-state index in [4.69, 9.17) is 0 Å². The summed E-state index contributed by atoms with van der Waals surface area (Å²) in [5.74, 6) is -1.18. The zero-order chi connectivity index (χ0) is 22.8. The van der Waals surface area contributed by atoms with Crippen molar-refractivity contribution in [2.75, 3.05) is 0 Å². The maximum atomic E-state index is 13.4. The Hall–Kier alpha value is -4.00. The van der Waals surface area contributed by atoms with Crippen molar-refractivity contribution in [3.63, 3.8) is 0 Å². The number of fused-ring (bicyclic) bond motifs is 1. The Labute approximate surface area is 185 Å². The van der Waals surface area contributed by atoms with Crippen LogP contribution in [0.25, 0.3) is 16.7 Å². The molecule has 4 rings (SSSR count). The average molecular weight is 424 g/mol. The number of carbonyl (C=O) groups excluding carboxylic acids is 1. The van der Waals surface area contributed by atoms with Crippen LogP contribution in [0.15, 0.2) is 71.5 Å². The molecule has 2 aromatic heterocycles. The number of benzene rings is 2. The molecule has 0 radical (unpaired) electrons. The molecule has 0 atom stereocenters. The van der Waals surface area contributed by atoms with Gasteiger partial charge in [-0.1, -0.05) is 42.5 Å². The van der Waals surface area contributed by atoms with E-state index in [1.807, 2.05) is 18.2 Å². The Morgan fingerprint density at radius 1 is 1.00 bits per heavy atom. The molecule has 32 heavy (non-hydrogen) atoms. The molecule has 0 spiro atoms. The number of aromatic nitrogens is 2. The van der Waals surface area contributed by atoms with Crippen molar-refractivity contribution in [1.29, 1.82) is 0 Å². The summed E-state index contributed by atoms with van der Waals surface area (Å²) < 4.78 is 1.54. The van der Waals surface area contributed by atoms with Gasteiger partial charge in [-0.15, -0.1) is 0 Å². The number of carboxylic acid groups (broad SMARTS) is 1. The number of carbonyl (C=O) groups is 2. The molecule has 0 fully saturated rings. The van der Waals surface area contributed by atoms with E-state index in [0.717, 1.165) is 5.56 Å². The van der Waals surface area contributed by atoms with Crippen LogP contribution in [0, 0.1) is 6.92 Å². The van der Waals surface area contributed by atoms with Gasteiger partial charge in [0.05, 0.1) is 5.39 Å². The van der Waals surface area contributed by atoms with Gasteiger partial charge >= 0.3 is 5.97 Å². The number of ketones is 1. The minimum atomic E-state index is -1.20. The van der Waals surface area contributed by atoms with Crippen molar-refractivity contribution in [1.82, 2.24) is 9.55 Å². The first kappa shape index (κ1) is 21.2. The summed E-state index contributed by atoms with van der Waals surface area (Å²) in [6.45, 7) is 1.80. The number of aromatic carboxylic acids is 1. The lowest BCUT2D eigenvalue weighted by atomic mass is 9.94. The largest absolute Gasteiger partial charge is 0.477 e. The Kier molecular flexibility index (Phi) is 5.73. The van der Waals surface area contributed by atoms with Crippen molar-refractivity contribution in [3.8, 4) is 5.69 Å². The zero-order valence-electron chi connectivity index (χ0n) is 17.8. The summed E-state index contributed by atoms with van der Waals surface area (Å²) in [5.41, 5.74) is 2.65. The lowest BCUT2D eigenvalue weighted by Gasteiger charge is -2.18. The number of pyridine rings is 2. The third-order valence-electron chi connectivity index (χ3n) is 5.45. The molecule has 0 aliphatic heterocycles. The molecule has 1 N–H and O–H groups in total. The molecule has 7 heteroatoms. The lowest BCUT2D eigenvalue weighted by molar-refractivity contribution is 0.0686. The van der Waals surface area contributed by atoms with E-state index in [1.165, 1.54) is 4.57 Å². The van der Waals surface area contributed by atoms with Crippen LogP contribution in [0.3, 0.4) is 0 Å². The highest BCUT2D eigenvalue weighted by Gasteiger charge is 2.24. The third kappa shape index (κ3) is 3.85. The molecule has 4 aromatic rings. The molecule has 158 valence electrons. The average Bonchev–Trinajstić information content (AvgIpc) is 2.80. The van der Waals surface area contributed by atoms with E-state index in [0.29, 0.717) is 34.3 Å². The highest BCUT2D eigenvalue weighted by molar-refractivity contribution is 6.23. The standard InChI is InChI=1S/C25H21BN2O4/c1-15-7-12-19-23(30)20(13-16-8-10-17(11-9-16)21(29)14-26)22(25(31)32)28(24(19)27-15)18-5-3-2-4-6-18/h2-12H,13-14,26H2,1H3,(H,31,32). The highest BCUT2D eigenvalue weighted by Crippen LogP contribution is 2.23. The first-order valence-corrected chi connectivity index (χ1v) is 10.4. The second-order valence-electron chi connectivity index (χ2n) is 7.61. The van der Waals surface area contributed by atoms with Crippen molar-refractivity contribution in [2.45, 2.75) is 19.7 Å². The Morgan fingerprint density at radius 2 is 1.69 bits per heavy atom. The summed E-state index contributed by atoms with van der Waals surface area (Å²) in [6.07, 6.45) is 0.527. The maximum Gasteiger partial charge on any atom is 0.353 e. The van der Waals surface area contributed by atoms with Crippen molar-refractivity contribution < 1.29 is 14.7 Å². The molecule has 6 nitrogen and oxygen atoms in total. The topological polar surface area (TPSA) is 89.3 Å². The van der Waals surface area contributed by atoms with Crippen LogP contribution in [0.5, 0.6) is 0 Å². The fourth-order valence-corrected chi connectivity index (χ4v) is 3.84. The maximum absolute atomic E-state index is 13.4. The molecule has 0 unspecified atom stereocenters. The van der Waals surface area contributed by atoms with Gasteiger partial charge in [0, 0.05) is 28.9 Å². The van der Waals surface area contributed by atoms with Crippen LogP contribution < -0.4 is 5.43 Å². The minimum Gasteiger partial charge on any atom is -0.477 e. The molecular weight excluding hydrogens is 403 g/mol. The number of aryl methyl sites for hydroxylation is 1. The van der Waals surface area contributed by atoms with Gasteiger partial charge in [0.2, 0.25) is 0 Å². The second-order valence-corrected chi connectivity index (χ2v) is 7.61. The molecule has 2 aromatic carbocycles. The molecule has 0 saturated carbocycles. The van der Waals surface area contributed by atoms with Gasteiger partial charge in [0.25, 0.3) is 0 Å². The number of nitrogens with zero attached hydrogens (tertiary/aromatic N) is 2. The zero-order valence-corrected chi connectivity index (χ0v) is 17.8. The van der Waals surface area contributed by atoms with Crippen molar-refractivity contribution in [2.24, 2.45) is 0 Å². The number of para-hydroxylation sites is 1. The minimum absolute atomic E-state index is 0.0290. The van der Waals surface area contributed by atoms with Crippen LogP contribution in [0.4, 0.5) is 0 Å². The quantitative estimate of drug-likeness (QED) is 0.379. The predicted molar refractivity (Wildman–Crippen MR) is 126 cm³/mol. The summed E-state index contributed by atoms with van der Waals surface area (Å²) in [7, 11) is 1.80. The van der Waals surface area contributed by atoms with Crippen LogP contribution >= 0.6 is 0 Å². The van der Waals surface area contributed by atoms with Crippen LogP contribution in [-0.4, -0.2) is 34.3 Å². The van der Waals surface area contributed by atoms with Gasteiger partial charge in [-0.2, -0.15) is 0 Å². The molecule has 0 aliphatic rings. The second kappa shape index (κ2) is 8.63. The molecule has 0 saturated heterocycles. The monoisotopic (exact) mass is 424 g/mol. The number of hydrogen-bond acceptors (Lipinski definition) is 4. The van der Waals surface area contributed by atoms with Crippen LogP contribution in [-0.2, 0) is 6.42 Å². The van der Waals surface area contributed by atoms with E-state index in [1.54, 1.807) is 63.3 Å². The fraction of sp³-hybridized carbons (Fsp3) is 0.120. The molecule has 0 amide bonds. The summed E-state index contributed by atoms with van der Waals surface area (Å²) in [5, 5.41) is 10.5. The number of hydrogen-bond donors (Lipinski definition) is 1. The number of rotatable bonds is 6. The number of carboxylic acids is 1. The van der Waals surface area contributed by atoms with Gasteiger partial charge in [0.1, 0.15) is 19.2 Å². The first-order chi connectivity index (χ1) is 15.4. The molecule has 0 bridgehead atoms. The van der Waals surface area contributed by atoms with Gasteiger partial charge in [0.15, 0.2) is 11.2 Å². The Bertz CT molecular complexity index is 1390. The van der Waals surface area contributed by atoms with Crippen molar-refractivity contribution >= 4 is 30.6 Å². The highest BCUT2D eigenvalue weighted by atomic mass is 16.4. The molecular formula is C25H21BN2O4. The summed E-state index contributed by atoms with van der Waals surface area (Å²) in [6, 6.07) is 19.4. The van der Waals surface area contributed by atoms with Gasteiger partial charge in [-0.05, 0) is 43.1 Å². The normalized spacial score (nSPS) is 10.9. The van der Waals surface area contributed by atoms with Crippen molar-refractivity contribution in [3.05, 3.63) is 105 Å². The Balaban J connectivity index is 1.98.